The van der Waals surface area contributed by atoms with Crippen LogP contribution in [-0.4, -0.2) is 49.3 Å². The highest BCUT2D eigenvalue weighted by Gasteiger charge is 2.38. The summed E-state index contributed by atoms with van der Waals surface area (Å²) in [6.07, 6.45) is 3.25. The van der Waals surface area contributed by atoms with Gasteiger partial charge in [-0.1, -0.05) is 42.5 Å². The molecule has 0 radical (unpaired) electrons. The van der Waals surface area contributed by atoms with Crippen LogP contribution in [0.3, 0.4) is 0 Å². The Bertz CT molecular complexity index is 1150. The number of hydrogen-bond acceptors (Lipinski definition) is 7. The number of nitrogens with one attached hydrogen (secondary N) is 1. The second kappa shape index (κ2) is 11.1. The Kier molecular flexibility index (Phi) is 8.16. The summed E-state index contributed by atoms with van der Waals surface area (Å²) in [5, 5.41) is 10.8. The van der Waals surface area contributed by atoms with Crippen molar-refractivity contribution in [1.29, 1.82) is 0 Å². The molecule has 34 heavy (non-hydrogen) atoms. The van der Waals surface area contributed by atoms with Crippen molar-refractivity contribution in [1.82, 2.24) is 9.62 Å². The fourth-order valence-corrected chi connectivity index (χ4v) is 4.64. The van der Waals surface area contributed by atoms with Crippen molar-refractivity contribution < 1.29 is 27.6 Å². The number of nitro groups is 1. The third kappa shape index (κ3) is 6.07. The Hall–Kier alpha value is -3.54. The van der Waals surface area contributed by atoms with E-state index < -0.39 is 39.4 Å². The fraction of sp³-hybridized carbons (Fsp3) is 0.261. The van der Waals surface area contributed by atoms with Crippen molar-refractivity contribution in [2.75, 3.05) is 6.61 Å². The predicted octanol–water partition coefficient (Wildman–Crippen LogP) is 3.37. The zero-order valence-electron chi connectivity index (χ0n) is 18.4. The van der Waals surface area contributed by atoms with E-state index in [-0.39, 0.29) is 23.8 Å². The van der Waals surface area contributed by atoms with Gasteiger partial charge in [0.15, 0.2) is 6.23 Å². The summed E-state index contributed by atoms with van der Waals surface area (Å²) >= 11 is 0. The lowest BCUT2D eigenvalue weighted by Crippen LogP contribution is -2.57. The van der Waals surface area contributed by atoms with E-state index in [0.29, 0.717) is 0 Å². The molecule has 3 rings (SSSR count). The molecule has 0 fully saturated rings. The Balaban J connectivity index is 1.78. The standard InChI is InChI=1S/C23H25N3O7S/c1-3-15-32-22-14-13-21(24-34(30,31)20-11-9-19(10-12-20)26(28)29)17(2)25(22)23(27)33-16-18-7-5-4-6-8-18/h3-14,17,21-22,24H,1,15-16H2,2H3/t17-,21-,22+/m1/s1. The molecule has 0 saturated heterocycles. The molecular weight excluding hydrogens is 462 g/mol. The van der Waals surface area contributed by atoms with Gasteiger partial charge in [-0.3, -0.25) is 15.0 Å². The van der Waals surface area contributed by atoms with Crippen molar-refractivity contribution in [2.45, 2.75) is 36.7 Å². The minimum absolute atomic E-state index is 0.0416. The van der Waals surface area contributed by atoms with Crippen LogP contribution in [0.15, 0.2) is 84.3 Å². The van der Waals surface area contributed by atoms with Crippen molar-refractivity contribution in [3.8, 4) is 0 Å². The molecule has 0 bridgehead atoms. The summed E-state index contributed by atoms with van der Waals surface area (Å²) in [6.45, 7) is 5.49. The van der Waals surface area contributed by atoms with Crippen LogP contribution in [0, 0.1) is 10.1 Å². The molecule has 1 N–H and O–H groups in total. The molecule has 1 aliphatic rings. The maximum absolute atomic E-state index is 13.0. The zero-order chi connectivity index (χ0) is 24.7. The van der Waals surface area contributed by atoms with E-state index >= 15 is 0 Å². The molecule has 1 amide bonds. The summed E-state index contributed by atoms with van der Waals surface area (Å²) in [5.74, 6) is 0. The normalized spacial score (nSPS) is 20.0. The van der Waals surface area contributed by atoms with Crippen LogP contribution in [0.5, 0.6) is 0 Å². The maximum Gasteiger partial charge on any atom is 0.412 e. The monoisotopic (exact) mass is 487 g/mol. The number of carbonyl (C=O) groups excluding carboxylic acids is 1. The molecule has 0 spiro atoms. The smallest absolute Gasteiger partial charge is 0.412 e. The van der Waals surface area contributed by atoms with Gasteiger partial charge in [0.05, 0.1) is 28.5 Å². The van der Waals surface area contributed by atoms with Gasteiger partial charge in [0, 0.05) is 12.1 Å². The van der Waals surface area contributed by atoms with Gasteiger partial charge in [0.2, 0.25) is 10.0 Å². The second-order valence-corrected chi connectivity index (χ2v) is 9.20. The van der Waals surface area contributed by atoms with Crippen LogP contribution in [0.4, 0.5) is 10.5 Å². The minimum atomic E-state index is -4.03. The van der Waals surface area contributed by atoms with Gasteiger partial charge in [-0.2, -0.15) is 0 Å². The van der Waals surface area contributed by atoms with Crippen LogP contribution in [0.2, 0.25) is 0 Å². The molecule has 2 aromatic rings. The van der Waals surface area contributed by atoms with Crippen LogP contribution in [0.1, 0.15) is 12.5 Å². The first-order chi connectivity index (χ1) is 16.2. The lowest BCUT2D eigenvalue weighted by atomic mass is 10.0. The number of amides is 1. The lowest BCUT2D eigenvalue weighted by molar-refractivity contribution is -0.384. The van der Waals surface area contributed by atoms with Gasteiger partial charge in [0.1, 0.15) is 6.61 Å². The summed E-state index contributed by atoms with van der Waals surface area (Å²) in [4.78, 5) is 24.4. The molecule has 0 aliphatic carbocycles. The van der Waals surface area contributed by atoms with Gasteiger partial charge in [-0.25, -0.2) is 17.9 Å². The minimum Gasteiger partial charge on any atom is -0.444 e. The van der Waals surface area contributed by atoms with E-state index in [1.165, 1.54) is 11.0 Å². The highest BCUT2D eigenvalue weighted by molar-refractivity contribution is 7.89. The van der Waals surface area contributed by atoms with Gasteiger partial charge in [-0.15, -0.1) is 6.58 Å². The molecular formula is C23H25N3O7S. The lowest BCUT2D eigenvalue weighted by Gasteiger charge is -2.40. The summed E-state index contributed by atoms with van der Waals surface area (Å²) in [5.41, 5.74) is 0.578. The number of carbonyl (C=O) groups is 1. The quantitative estimate of drug-likeness (QED) is 0.326. The first kappa shape index (κ1) is 25.1. The van der Waals surface area contributed by atoms with Gasteiger partial charge >= 0.3 is 6.09 Å². The van der Waals surface area contributed by atoms with E-state index in [1.807, 2.05) is 30.3 Å². The summed E-state index contributed by atoms with van der Waals surface area (Å²) < 4.78 is 39.4. The van der Waals surface area contributed by atoms with Crippen molar-refractivity contribution in [2.24, 2.45) is 0 Å². The molecule has 2 aromatic carbocycles. The van der Waals surface area contributed by atoms with E-state index in [1.54, 1.807) is 19.1 Å². The third-order valence-corrected chi connectivity index (χ3v) is 6.64. The third-order valence-electron chi connectivity index (χ3n) is 5.17. The number of rotatable bonds is 9. The first-order valence-corrected chi connectivity index (χ1v) is 11.9. The Morgan fingerprint density at radius 3 is 2.47 bits per heavy atom. The molecule has 0 aromatic heterocycles. The summed E-state index contributed by atoms with van der Waals surface area (Å²) in [7, 11) is -4.03. The molecule has 3 atom stereocenters. The Morgan fingerprint density at radius 2 is 1.85 bits per heavy atom. The zero-order valence-corrected chi connectivity index (χ0v) is 19.3. The van der Waals surface area contributed by atoms with E-state index in [4.69, 9.17) is 9.47 Å². The van der Waals surface area contributed by atoms with E-state index in [0.717, 1.165) is 29.8 Å². The number of benzene rings is 2. The molecule has 11 heteroatoms. The predicted molar refractivity (Wildman–Crippen MR) is 124 cm³/mol. The SMILES string of the molecule is C=CCO[C@H]1C=C[C@@H](NS(=O)(=O)c2ccc([N+](=O)[O-])cc2)[C@@H](C)N1C(=O)OCc1ccccc1. The van der Waals surface area contributed by atoms with E-state index in [2.05, 4.69) is 11.3 Å². The highest BCUT2D eigenvalue weighted by atomic mass is 32.2. The average molecular weight is 488 g/mol. The number of ether oxygens (including phenoxy) is 2. The highest BCUT2D eigenvalue weighted by Crippen LogP contribution is 2.23. The largest absolute Gasteiger partial charge is 0.444 e. The Morgan fingerprint density at radius 1 is 1.18 bits per heavy atom. The van der Waals surface area contributed by atoms with Crippen molar-refractivity contribution >= 4 is 21.8 Å². The Labute approximate surface area is 197 Å². The first-order valence-electron chi connectivity index (χ1n) is 10.4. The molecule has 0 saturated carbocycles. The van der Waals surface area contributed by atoms with Gasteiger partial charge in [-0.05, 0) is 30.7 Å². The van der Waals surface area contributed by atoms with E-state index in [9.17, 15) is 23.3 Å². The number of hydrogen-bond donors (Lipinski definition) is 1. The number of nitrogens with zero attached hydrogens (tertiary/aromatic N) is 2. The number of nitro benzene ring substituents is 1. The van der Waals surface area contributed by atoms with Crippen LogP contribution in [0.25, 0.3) is 0 Å². The summed E-state index contributed by atoms with van der Waals surface area (Å²) in [6, 6.07) is 12.2. The van der Waals surface area contributed by atoms with Crippen molar-refractivity contribution in [3.05, 3.63) is 95.1 Å². The number of non-ortho nitro benzene ring substituents is 1. The second-order valence-electron chi connectivity index (χ2n) is 7.48. The van der Waals surface area contributed by atoms with Crippen LogP contribution >= 0.6 is 0 Å². The molecule has 10 nitrogen and oxygen atoms in total. The molecule has 1 heterocycles. The maximum atomic E-state index is 13.0. The van der Waals surface area contributed by atoms with Crippen molar-refractivity contribution in [3.63, 3.8) is 0 Å². The molecule has 1 aliphatic heterocycles. The van der Waals surface area contributed by atoms with Crippen LogP contribution in [-0.2, 0) is 26.1 Å². The van der Waals surface area contributed by atoms with Gasteiger partial charge in [0.25, 0.3) is 5.69 Å². The molecule has 180 valence electrons. The van der Waals surface area contributed by atoms with Crippen LogP contribution < -0.4 is 4.72 Å². The average Bonchev–Trinajstić information content (AvgIpc) is 2.83. The molecule has 0 unspecified atom stereocenters. The van der Waals surface area contributed by atoms with Gasteiger partial charge < -0.3 is 9.47 Å². The number of sulfonamides is 1. The fourth-order valence-electron chi connectivity index (χ4n) is 3.37. The topological polar surface area (TPSA) is 128 Å².